The first kappa shape index (κ1) is 34.3. The first-order valence-corrected chi connectivity index (χ1v) is 17.3. The number of likely N-dealkylation sites (tertiary alicyclic amines) is 1. The van der Waals surface area contributed by atoms with Crippen LogP contribution in [0.2, 0.25) is 0 Å². The number of alkyl carbamates (subject to hydrolysis) is 1. The number of benzene rings is 3. The predicted octanol–water partition coefficient (Wildman–Crippen LogP) is 4.37. The second-order valence-corrected chi connectivity index (χ2v) is 13.4. The van der Waals surface area contributed by atoms with Gasteiger partial charge in [-0.3, -0.25) is 9.59 Å². The molecule has 3 amide bonds. The highest BCUT2D eigenvalue weighted by molar-refractivity contribution is 6.22. The SMILES string of the molecule is C[C@H]1[C@@H](CN2CCC3(CC2)OCCO3)O[C@@H](c2ccc(N3C(=O)CC(NC(=O)OCc4ccccc4)C3=O)cc2)O[C@H]1c1ccc(CO)cc1. The second-order valence-electron chi connectivity index (χ2n) is 13.4. The van der Waals surface area contributed by atoms with Crippen molar-refractivity contribution < 1.29 is 43.2 Å². The van der Waals surface area contributed by atoms with Crippen LogP contribution < -0.4 is 10.2 Å². The molecule has 4 aliphatic rings. The summed E-state index contributed by atoms with van der Waals surface area (Å²) in [5.41, 5.74) is 3.75. The monoisotopic (exact) mass is 685 g/mol. The van der Waals surface area contributed by atoms with Crippen LogP contribution in [0.5, 0.6) is 0 Å². The van der Waals surface area contributed by atoms with E-state index in [0.29, 0.717) is 25.4 Å². The number of piperidine rings is 1. The molecular weight excluding hydrogens is 642 g/mol. The lowest BCUT2D eigenvalue weighted by atomic mass is 9.89. The summed E-state index contributed by atoms with van der Waals surface area (Å²) in [7, 11) is 0. The molecule has 3 aromatic rings. The Bertz CT molecular complexity index is 1640. The Morgan fingerprint density at radius 2 is 1.58 bits per heavy atom. The van der Waals surface area contributed by atoms with Crippen LogP contribution in [-0.2, 0) is 46.5 Å². The summed E-state index contributed by atoms with van der Waals surface area (Å²) < 4.78 is 30.4. The van der Waals surface area contributed by atoms with Gasteiger partial charge in [-0.15, -0.1) is 0 Å². The number of carbonyl (C=O) groups excluding carboxylic acids is 3. The summed E-state index contributed by atoms with van der Waals surface area (Å²) in [6.45, 7) is 5.80. The number of carbonyl (C=O) groups is 3. The highest BCUT2D eigenvalue weighted by atomic mass is 16.7. The Hall–Kier alpha value is -4.17. The van der Waals surface area contributed by atoms with Gasteiger partial charge < -0.3 is 39.0 Å². The molecule has 0 aliphatic carbocycles. The van der Waals surface area contributed by atoms with Crippen LogP contribution in [0.1, 0.15) is 60.8 Å². The average Bonchev–Trinajstić information content (AvgIpc) is 3.72. The molecule has 0 bridgehead atoms. The number of nitrogens with one attached hydrogen (secondary N) is 1. The summed E-state index contributed by atoms with van der Waals surface area (Å²) in [6.07, 6.45) is -0.463. The summed E-state index contributed by atoms with van der Waals surface area (Å²) in [5.74, 6) is -1.39. The fraction of sp³-hybridized carbons (Fsp3) is 0.447. The molecule has 3 aromatic carbocycles. The Kier molecular flexibility index (Phi) is 10.3. The minimum atomic E-state index is -1.02. The van der Waals surface area contributed by atoms with E-state index >= 15 is 0 Å². The molecule has 5 atom stereocenters. The number of imide groups is 1. The van der Waals surface area contributed by atoms with E-state index in [9.17, 15) is 19.5 Å². The van der Waals surface area contributed by atoms with Crippen LogP contribution in [-0.4, -0.2) is 78.7 Å². The van der Waals surface area contributed by atoms with Gasteiger partial charge in [-0.05, 0) is 28.8 Å². The predicted molar refractivity (Wildman–Crippen MR) is 180 cm³/mol. The molecular formula is C38H43N3O9. The van der Waals surface area contributed by atoms with Crippen molar-refractivity contribution in [1.29, 1.82) is 0 Å². The summed E-state index contributed by atoms with van der Waals surface area (Å²) in [4.78, 5) is 42.1. The maximum atomic E-state index is 13.3. The third-order valence-corrected chi connectivity index (χ3v) is 10.1. The number of aliphatic hydroxyl groups excluding tert-OH is 1. The molecule has 12 heteroatoms. The van der Waals surface area contributed by atoms with Gasteiger partial charge in [-0.2, -0.15) is 0 Å². The number of amides is 3. The molecule has 0 aromatic heterocycles. The van der Waals surface area contributed by atoms with E-state index in [0.717, 1.165) is 53.1 Å². The van der Waals surface area contributed by atoms with Gasteiger partial charge in [0.2, 0.25) is 5.91 Å². The Morgan fingerprint density at radius 3 is 2.26 bits per heavy atom. The lowest BCUT2D eigenvalue weighted by molar-refractivity contribution is -0.278. The highest BCUT2D eigenvalue weighted by Gasteiger charge is 2.44. The molecule has 4 saturated heterocycles. The van der Waals surface area contributed by atoms with Crippen LogP contribution in [0.25, 0.3) is 0 Å². The Labute approximate surface area is 291 Å². The van der Waals surface area contributed by atoms with Gasteiger partial charge in [0, 0.05) is 44.0 Å². The molecule has 264 valence electrons. The molecule has 4 aliphatic heterocycles. The maximum Gasteiger partial charge on any atom is 0.408 e. The van der Waals surface area contributed by atoms with Crippen molar-refractivity contribution in [3.63, 3.8) is 0 Å². The molecule has 12 nitrogen and oxygen atoms in total. The van der Waals surface area contributed by atoms with Gasteiger partial charge in [0.25, 0.3) is 5.91 Å². The number of anilines is 1. The van der Waals surface area contributed by atoms with Gasteiger partial charge in [-0.25, -0.2) is 9.69 Å². The van der Waals surface area contributed by atoms with Crippen molar-refractivity contribution in [2.75, 3.05) is 37.7 Å². The smallest absolute Gasteiger partial charge is 0.408 e. The number of ether oxygens (including phenoxy) is 5. The van der Waals surface area contributed by atoms with Gasteiger partial charge >= 0.3 is 6.09 Å². The summed E-state index contributed by atoms with van der Waals surface area (Å²) in [5, 5.41) is 12.1. The van der Waals surface area contributed by atoms with E-state index in [4.69, 9.17) is 23.7 Å². The standard InChI is InChI=1S/C38H43N3O9/c1-25-32(22-40-17-15-38(16-18-40)47-19-20-48-38)49-36(50-34(25)28-9-7-26(23-42)8-10-28)29-11-13-30(14-12-29)41-33(43)21-31(35(41)44)39-37(45)46-24-27-5-3-2-4-6-27/h2-14,25,31-32,34,36,42H,15-24H2,1H3,(H,39,45)/t25-,31?,32+,34+,36+/m0/s1. The van der Waals surface area contributed by atoms with E-state index < -0.39 is 36.0 Å². The van der Waals surface area contributed by atoms with Crippen LogP contribution in [0.3, 0.4) is 0 Å². The first-order chi connectivity index (χ1) is 24.3. The molecule has 4 heterocycles. The molecule has 0 saturated carbocycles. The third kappa shape index (κ3) is 7.46. The van der Waals surface area contributed by atoms with Crippen molar-refractivity contribution in [3.8, 4) is 0 Å². The van der Waals surface area contributed by atoms with Crippen molar-refractivity contribution in [3.05, 3.63) is 101 Å². The Balaban J connectivity index is 1.03. The minimum Gasteiger partial charge on any atom is -0.445 e. The van der Waals surface area contributed by atoms with Crippen LogP contribution >= 0.6 is 0 Å². The average molecular weight is 686 g/mol. The van der Waals surface area contributed by atoms with Crippen LogP contribution in [0, 0.1) is 5.92 Å². The largest absolute Gasteiger partial charge is 0.445 e. The van der Waals surface area contributed by atoms with E-state index in [1.54, 1.807) is 24.3 Å². The fourth-order valence-electron chi connectivity index (χ4n) is 7.15. The second kappa shape index (κ2) is 15.0. The topological polar surface area (TPSA) is 136 Å². The zero-order chi connectivity index (χ0) is 34.7. The zero-order valence-corrected chi connectivity index (χ0v) is 28.1. The lowest BCUT2D eigenvalue weighted by Gasteiger charge is -2.44. The van der Waals surface area contributed by atoms with Crippen LogP contribution in [0.15, 0.2) is 78.9 Å². The minimum absolute atomic E-state index is 0.0176. The maximum absolute atomic E-state index is 13.3. The third-order valence-electron chi connectivity index (χ3n) is 10.1. The van der Waals surface area contributed by atoms with Gasteiger partial charge in [0.05, 0.1) is 44.1 Å². The highest BCUT2D eigenvalue weighted by Crippen LogP contribution is 2.43. The lowest BCUT2D eigenvalue weighted by Crippen LogP contribution is -2.50. The number of aliphatic hydroxyl groups is 1. The number of hydrogen-bond acceptors (Lipinski definition) is 10. The van der Waals surface area contributed by atoms with E-state index in [1.807, 2.05) is 54.6 Å². The quantitative estimate of drug-likeness (QED) is 0.313. The molecule has 50 heavy (non-hydrogen) atoms. The van der Waals surface area contributed by atoms with Crippen molar-refractivity contribution >= 4 is 23.6 Å². The molecule has 7 rings (SSSR count). The molecule has 2 N–H and O–H groups in total. The number of rotatable bonds is 9. The van der Waals surface area contributed by atoms with E-state index in [1.165, 1.54) is 0 Å². The number of nitrogens with zero attached hydrogens (tertiary/aromatic N) is 2. The molecule has 4 fully saturated rings. The van der Waals surface area contributed by atoms with Gasteiger partial charge in [0.1, 0.15) is 12.6 Å². The van der Waals surface area contributed by atoms with E-state index in [-0.39, 0.29) is 37.8 Å². The van der Waals surface area contributed by atoms with Crippen molar-refractivity contribution in [2.45, 2.75) is 69.7 Å². The van der Waals surface area contributed by atoms with E-state index in [2.05, 4.69) is 17.1 Å². The Morgan fingerprint density at radius 1 is 0.900 bits per heavy atom. The van der Waals surface area contributed by atoms with Crippen molar-refractivity contribution in [2.24, 2.45) is 5.92 Å². The summed E-state index contributed by atoms with van der Waals surface area (Å²) >= 11 is 0. The van der Waals surface area contributed by atoms with Crippen LogP contribution in [0.4, 0.5) is 10.5 Å². The zero-order valence-electron chi connectivity index (χ0n) is 28.1. The van der Waals surface area contributed by atoms with Gasteiger partial charge in [0.15, 0.2) is 12.1 Å². The van der Waals surface area contributed by atoms with Gasteiger partial charge in [-0.1, -0.05) is 73.7 Å². The molecule has 0 radical (unpaired) electrons. The first-order valence-electron chi connectivity index (χ1n) is 17.3. The summed E-state index contributed by atoms with van der Waals surface area (Å²) in [6, 6.07) is 22.9. The van der Waals surface area contributed by atoms with Crippen molar-refractivity contribution in [1.82, 2.24) is 10.2 Å². The fourth-order valence-corrected chi connectivity index (χ4v) is 7.15. The molecule has 1 unspecified atom stereocenters. The molecule has 1 spiro atoms. The number of hydrogen-bond donors (Lipinski definition) is 2. The normalized spacial score (nSPS) is 26.8.